The molecule has 0 unspecified atom stereocenters. The number of carbonyl (C=O) groups is 1. The maximum Gasteiger partial charge on any atom is 1.00 e. The Hall–Kier alpha value is 0.520. The third-order valence-corrected chi connectivity index (χ3v) is 1.09. The van der Waals surface area contributed by atoms with Gasteiger partial charge in [-0.3, -0.25) is 11.8 Å². The van der Waals surface area contributed by atoms with E-state index in [1.807, 2.05) is 0 Å². The quantitative estimate of drug-likeness (QED) is 0.325. The smallest absolute Gasteiger partial charge is 0.508 e. The molecule has 0 heterocycles. The van der Waals surface area contributed by atoms with Crippen LogP contribution in [0.15, 0.2) is 0 Å². The van der Waals surface area contributed by atoms with Crippen LogP contribution in [0.25, 0.3) is 0 Å². The minimum absolute atomic E-state index is 0. The zero-order chi connectivity index (χ0) is 7.82. The number of ether oxygens (including phenoxy) is 1. The van der Waals surface area contributed by atoms with Crippen LogP contribution in [-0.2, 0) is 31.9 Å². The molecule has 0 fully saturated rings. The Kier molecular flexibility index (Phi) is 13.5. The van der Waals surface area contributed by atoms with Gasteiger partial charge in [0, 0.05) is 12.2 Å². The van der Waals surface area contributed by atoms with Gasteiger partial charge in [0.1, 0.15) is 0 Å². The fourth-order valence-corrected chi connectivity index (χ4v) is 0.549. The first-order chi connectivity index (χ1) is 4.81. The van der Waals surface area contributed by atoms with E-state index in [0.29, 0.717) is 25.4 Å². The van der Waals surface area contributed by atoms with Crippen molar-refractivity contribution >= 4 is 18.5 Å². The molecule has 1 N–H and O–H groups in total. The van der Waals surface area contributed by atoms with Crippen LogP contribution in [0.5, 0.6) is 0 Å². The summed E-state index contributed by atoms with van der Waals surface area (Å²) in [4.78, 5) is 10.5. The van der Waals surface area contributed by atoms with Gasteiger partial charge in [-0.15, -0.1) is 0 Å². The van der Waals surface area contributed by atoms with Crippen LogP contribution in [0, 0.1) is 7.05 Å². The number of carbonyl (C=O) groups excluding carboxylic acids is 1. The fraction of sp³-hybridized carbons (Fsp3) is 0.667. The molecule has 11 heavy (non-hydrogen) atoms. The molecule has 0 spiro atoms. The van der Waals surface area contributed by atoms with Gasteiger partial charge in [0.25, 0.3) is 0 Å². The Balaban J connectivity index is 0. The Morgan fingerprint density at radius 2 is 2.18 bits per heavy atom. The number of hydrogen-bond donors (Lipinski definition) is 2. The predicted octanol–water partition coefficient (Wildman–Crippen LogP) is 0.228. The SMILES string of the molecule is [Ag+].[CH2-]NC(=O)CCOCCS. The van der Waals surface area contributed by atoms with E-state index in [0.717, 1.165) is 0 Å². The van der Waals surface area contributed by atoms with Gasteiger partial charge in [0.15, 0.2) is 5.91 Å². The van der Waals surface area contributed by atoms with Crippen LogP contribution < -0.4 is 5.32 Å². The molecule has 70 valence electrons. The second kappa shape index (κ2) is 10.5. The second-order valence-corrected chi connectivity index (χ2v) is 2.13. The minimum Gasteiger partial charge on any atom is -0.508 e. The van der Waals surface area contributed by atoms with Crippen molar-refractivity contribution in [1.29, 1.82) is 0 Å². The van der Waals surface area contributed by atoms with Crippen molar-refractivity contribution in [1.82, 2.24) is 5.32 Å². The molecule has 0 atom stereocenters. The average molecular weight is 270 g/mol. The monoisotopic (exact) mass is 269 g/mol. The summed E-state index contributed by atoms with van der Waals surface area (Å²) in [6.07, 6.45) is 0.372. The number of thiol groups is 1. The van der Waals surface area contributed by atoms with E-state index in [1.54, 1.807) is 0 Å². The summed E-state index contributed by atoms with van der Waals surface area (Å²) in [5.41, 5.74) is 0. The Labute approximate surface area is 88.2 Å². The maximum atomic E-state index is 10.5. The average Bonchev–Trinajstić information content (AvgIpc) is 1.98. The topological polar surface area (TPSA) is 38.3 Å². The Bertz CT molecular complexity index is 103. The third-order valence-electron chi connectivity index (χ3n) is 0.906. The standard InChI is InChI=1S/C6H12NO2S.Ag/c1-7-6(8)2-3-9-4-5-10;/h10H,1-5H2,(H,7,8);/q-1;+1. The van der Waals surface area contributed by atoms with Crippen LogP contribution in [0.3, 0.4) is 0 Å². The fourth-order valence-electron chi connectivity index (χ4n) is 0.420. The molecule has 0 aromatic heterocycles. The number of nitrogens with one attached hydrogen (secondary N) is 1. The van der Waals surface area contributed by atoms with Gasteiger partial charge in [-0.1, -0.05) is 0 Å². The molecule has 0 saturated heterocycles. The van der Waals surface area contributed by atoms with E-state index in [1.165, 1.54) is 0 Å². The first-order valence-corrected chi connectivity index (χ1v) is 3.69. The Morgan fingerprint density at radius 3 is 2.64 bits per heavy atom. The molecule has 0 aliphatic rings. The van der Waals surface area contributed by atoms with E-state index in [9.17, 15) is 4.79 Å². The van der Waals surface area contributed by atoms with E-state index < -0.39 is 0 Å². The molecule has 0 bridgehead atoms. The molecule has 1 amide bonds. The summed E-state index contributed by atoms with van der Waals surface area (Å²) in [5, 5.41) is 2.25. The minimum atomic E-state index is -0.0980. The van der Waals surface area contributed by atoms with E-state index in [-0.39, 0.29) is 28.3 Å². The summed E-state index contributed by atoms with van der Waals surface area (Å²) in [7, 11) is 3.21. The molecular formula is C6H12AgNO2S. The van der Waals surface area contributed by atoms with E-state index >= 15 is 0 Å². The zero-order valence-electron chi connectivity index (χ0n) is 6.10. The van der Waals surface area contributed by atoms with Gasteiger partial charge >= 0.3 is 22.4 Å². The normalized spacial score (nSPS) is 8.55. The molecule has 0 radical (unpaired) electrons. The largest absolute Gasteiger partial charge is 1.00 e. The van der Waals surface area contributed by atoms with Crippen LogP contribution in [0.4, 0.5) is 0 Å². The molecule has 0 aromatic rings. The van der Waals surface area contributed by atoms with Crippen molar-refractivity contribution < 1.29 is 31.9 Å². The van der Waals surface area contributed by atoms with Crippen LogP contribution in [0.1, 0.15) is 6.42 Å². The molecule has 0 aliphatic heterocycles. The van der Waals surface area contributed by atoms with Crippen molar-refractivity contribution in [3.8, 4) is 0 Å². The van der Waals surface area contributed by atoms with Crippen molar-refractivity contribution in [2.45, 2.75) is 6.42 Å². The van der Waals surface area contributed by atoms with Crippen LogP contribution in [-0.4, -0.2) is 24.9 Å². The number of amides is 1. The van der Waals surface area contributed by atoms with Gasteiger partial charge < -0.3 is 10.1 Å². The van der Waals surface area contributed by atoms with Crippen LogP contribution in [0.2, 0.25) is 0 Å². The molecule has 0 aliphatic carbocycles. The first-order valence-electron chi connectivity index (χ1n) is 3.05. The molecule has 0 rings (SSSR count). The third kappa shape index (κ3) is 10.5. The second-order valence-electron chi connectivity index (χ2n) is 1.69. The summed E-state index contributed by atoms with van der Waals surface area (Å²) in [6, 6.07) is 0. The first kappa shape index (κ1) is 14.1. The summed E-state index contributed by atoms with van der Waals surface area (Å²) in [5.74, 6) is 0.589. The maximum absolute atomic E-state index is 10.5. The number of rotatable bonds is 5. The predicted molar refractivity (Wildman–Crippen MR) is 42.8 cm³/mol. The van der Waals surface area contributed by atoms with Gasteiger partial charge in [-0.25, -0.2) is 0 Å². The van der Waals surface area contributed by atoms with Crippen molar-refractivity contribution in [3.05, 3.63) is 7.05 Å². The molecule has 0 saturated carbocycles. The van der Waals surface area contributed by atoms with Gasteiger partial charge in [-0.05, 0) is 0 Å². The van der Waals surface area contributed by atoms with Crippen LogP contribution >= 0.6 is 12.6 Å². The molecule has 0 aromatic carbocycles. The molecule has 3 nitrogen and oxygen atoms in total. The summed E-state index contributed by atoms with van der Waals surface area (Å²) >= 11 is 3.93. The number of hydrogen-bond acceptors (Lipinski definition) is 3. The van der Waals surface area contributed by atoms with Crippen molar-refractivity contribution in [3.63, 3.8) is 0 Å². The van der Waals surface area contributed by atoms with Gasteiger partial charge in [0.2, 0.25) is 0 Å². The van der Waals surface area contributed by atoms with E-state index in [2.05, 4.69) is 25.0 Å². The Morgan fingerprint density at radius 1 is 1.55 bits per heavy atom. The van der Waals surface area contributed by atoms with Gasteiger partial charge in [0.05, 0.1) is 13.2 Å². The summed E-state index contributed by atoms with van der Waals surface area (Å²) in [6.45, 7) is 1.04. The molecule has 5 heteroatoms. The van der Waals surface area contributed by atoms with Crippen molar-refractivity contribution in [2.75, 3.05) is 19.0 Å². The zero-order valence-corrected chi connectivity index (χ0v) is 8.48. The van der Waals surface area contributed by atoms with Gasteiger partial charge in [-0.2, -0.15) is 12.6 Å². The summed E-state index contributed by atoms with van der Waals surface area (Å²) < 4.78 is 4.99. The molecular weight excluding hydrogens is 258 g/mol. The van der Waals surface area contributed by atoms with E-state index in [4.69, 9.17) is 4.74 Å². The van der Waals surface area contributed by atoms with Crippen molar-refractivity contribution in [2.24, 2.45) is 0 Å².